The molecule has 0 amide bonds. The molecule has 0 aliphatic carbocycles. The summed E-state index contributed by atoms with van der Waals surface area (Å²) in [4.78, 5) is 10.4. The number of hydrogen-bond donors (Lipinski definition) is 1. The van der Waals surface area contributed by atoms with Gasteiger partial charge in [0.1, 0.15) is 0 Å². The maximum atomic E-state index is 12.5. The predicted octanol–water partition coefficient (Wildman–Crippen LogP) is 0.950. The monoisotopic (exact) mass is 219 g/mol. The third-order valence-electron chi connectivity index (χ3n) is 1.79. The third kappa shape index (κ3) is 4.01. The average molecular weight is 219 g/mol. The van der Waals surface area contributed by atoms with E-state index in [4.69, 9.17) is 5.11 Å². The normalized spacial score (nSPS) is 11.7. The van der Waals surface area contributed by atoms with Crippen molar-refractivity contribution in [3.63, 3.8) is 0 Å². The lowest BCUT2D eigenvalue weighted by Gasteiger charge is -2.10. The van der Waals surface area contributed by atoms with Crippen molar-refractivity contribution in [2.24, 2.45) is 0 Å². The molecule has 0 aromatic carbocycles. The summed E-state index contributed by atoms with van der Waals surface area (Å²) < 4.78 is 26.2. The molecular formula is C8H11F2N3O2. The van der Waals surface area contributed by atoms with E-state index in [2.05, 4.69) is 10.3 Å². The van der Waals surface area contributed by atoms with Crippen molar-refractivity contribution >= 4 is 5.97 Å². The van der Waals surface area contributed by atoms with Gasteiger partial charge in [-0.05, 0) is 6.92 Å². The first-order valence-electron chi connectivity index (χ1n) is 4.35. The number of halogens is 2. The summed E-state index contributed by atoms with van der Waals surface area (Å²) >= 11 is 0. The fourth-order valence-electron chi connectivity index (χ4n) is 1.06. The molecule has 0 saturated heterocycles. The Morgan fingerprint density at radius 3 is 2.87 bits per heavy atom. The van der Waals surface area contributed by atoms with Gasteiger partial charge < -0.3 is 5.11 Å². The van der Waals surface area contributed by atoms with Crippen LogP contribution in [0.1, 0.15) is 19.0 Å². The molecule has 0 spiro atoms. The zero-order chi connectivity index (χ0) is 11.5. The molecule has 1 aromatic rings. The lowest BCUT2D eigenvalue weighted by Crippen LogP contribution is -2.17. The molecule has 84 valence electrons. The lowest BCUT2D eigenvalue weighted by molar-refractivity contribution is -0.136. The molecule has 0 bridgehead atoms. The largest absolute Gasteiger partial charge is 0.481 e. The van der Waals surface area contributed by atoms with Gasteiger partial charge in [0, 0.05) is 13.0 Å². The molecule has 0 aliphatic rings. The molecule has 0 atom stereocenters. The second-order valence-electron chi connectivity index (χ2n) is 3.34. The zero-order valence-corrected chi connectivity index (χ0v) is 8.15. The Morgan fingerprint density at radius 2 is 2.33 bits per heavy atom. The molecule has 0 radical (unpaired) electrons. The number of alkyl halides is 2. The number of aryl methyl sites for hydroxylation is 1. The minimum absolute atomic E-state index is 0.0356. The highest BCUT2D eigenvalue weighted by Crippen LogP contribution is 2.17. The molecule has 15 heavy (non-hydrogen) atoms. The topological polar surface area (TPSA) is 68.0 Å². The summed E-state index contributed by atoms with van der Waals surface area (Å²) in [5.41, 5.74) is 0.326. The molecule has 0 saturated carbocycles. The number of nitrogens with zero attached hydrogens (tertiary/aromatic N) is 3. The van der Waals surface area contributed by atoms with Crippen molar-refractivity contribution < 1.29 is 18.7 Å². The van der Waals surface area contributed by atoms with Gasteiger partial charge in [0.05, 0.1) is 18.3 Å². The van der Waals surface area contributed by atoms with E-state index in [1.54, 1.807) is 0 Å². The van der Waals surface area contributed by atoms with Crippen LogP contribution in [0.3, 0.4) is 0 Å². The number of carboxylic acid groups (broad SMARTS) is 1. The number of aromatic nitrogens is 3. The van der Waals surface area contributed by atoms with E-state index >= 15 is 0 Å². The lowest BCUT2D eigenvalue weighted by atomic mass is 10.2. The van der Waals surface area contributed by atoms with Gasteiger partial charge in [-0.15, -0.1) is 5.10 Å². The summed E-state index contributed by atoms with van der Waals surface area (Å²) in [5.74, 6) is -3.83. The van der Waals surface area contributed by atoms with E-state index in [0.717, 1.165) is 6.92 Å². The molecule has 0 fully saturated rings. The smallest absolute Gasteiger partial charge is 0.309 e. The van der Waals surface area contributed by atoms with Crippen LogP contribution >= 0.6 is 0 Å². The van der Waals surface area contributed by atoms with Crippen LogP contribution in [0.25, 0.3) is 0 Å². The number of hydrogen-bond acceptors (Lipinski definition) is 3. The maximum Gasteiger partial charge on any atom is 0.309 e. The fraction of sp³-hybridized carbons (Fsp3) is 0.625. The zero-order valence-electron chi connectivity index (χ0n) is 8.15. The van der Waals surface area contributed by atoms with Gasteiger partial charge in [-0.3, -0.25) is 4.79 Å². The van der Waals surface area contributed by atoms with Crippen molar-refractivity contribution in [1.82, 2.24) is 15.0 Å². The van der Waals surface area contributed by atoms with Crippen LogP contribution in [0.2, 0.25) is 0 Å². The van der Waals surface area contributed by atoms with Crippen molar-refractivity contribution in [2.75, 3.05) is 0 Å². The van der Waals surface area contributed by atoms with Gasteiger partial charge in [0.2, 0.25) is 5.92 Å². The maximum absolute atomic E-state index is 12.5. The van der Waals surface area contributed by atoms with E-state index < -0.39 is 11.9 Å². The molecule has 0 aliphatic heterocycles. The summed E-state index contributed by atoms with van der Waals surface area (Å²) in [6.07, 6.45) is 0.618. The minimum atomic E-state index is -2.79. The summed E-state index contributed by atoms with van der Waals surface area (Å²) in [6.45, 7) is 0.771. The Morgan fingerprint density at radius 1 is 1.67 bits per heavy atom. The Balaban J connectivity index is 2.61. The van der Waals surface area contributed by atoms with E-state index in [1.165, 1.54) is 10.9 Å². The Kier molecular flexibility index (Phi) is 3.33. The number of carbonyl (C=O) groups is 1. The second kappa shape index (κ2) is 4.33. The van der Waals surface area contributed by atoms with Crippen LogP contribution in [0.4, 0.5) is 8.78 Å². The number of rotatable bonds is 5. The third-order valence-corrected chi connectivity index (χ3v) is 1.79. The van der Waals surface area contributed by atoms with Crippen molar-refractivity contribution in [2.45, 2.75) is 32.2 Å². The van der Waals surface area contributed by atoms with Crippen molar-refractivity contribution in [1.29, 1.82) is 0 Å². The van der Waals surface area contributed by atoms with Gasteiger partial charge in [0.15, 0.2) is 0 Å². The summed E-state index contributed by atoms with van der Waals surface area (Å²) in [5, 5.41) is 15.5. The standard InChI is InChI=1S/C8H11F2N3O2/c1-8(9,10)2-3-13-6(4-7(14)15)5-11-12-13/h5H,2-4H2,1H3,(H,14,15). The molecule has 7 heteroatoms. The quantitative estimate of drug-likeness (QED) is 0.800. The van der Waals surface area contributed by atoms with E-state index in [1.807, 2.05) is 0 Å². The Hall–Kier alpha value is -1.53. The predicted molar refractivity (Wildman–Crippen MR) is 46.6 cm³/mol. The van der Waals surface area contributed by atoms with Crippen molar-refractivity contribution in [3.05, 3.63) is 11.9 Å². The van der Waals surface area contributed by atoms with Gasteiger partial charge in [-0.2, -0.15) is 0 Å². The van der Waals surface area contributed by atoms with Crippen LogP contribution in [0, 0.1) is 0 Å². The fourth-order valence-corrected chi connectivity index (χ4v) is 1.06. The first-order valence-corrected chi connectivity index (χ1v) is 4.35. The summed E-state index contributed by atoms with van der Waals surface area (Å²) in [7, 11) is 0. The number of carboxylic acids is 1. The SMILES string of the molecule is CC(F)(F)CCn1nncc1CC(=O)O. The molecule has 1 rings (SSSR count). The minimum Gasteiger partial charge on any atom is -0.481 e. The highest BCUT2D eigenvalue weighted by Gasteiger charge is 2.21. The molecule has 1 heterocycles. The van der Waals surface area contributed by atoms with Crippen LogP contribution < -0.4 is 0 Å². The van der Waals surface area contributed by atoms with Gasteiger partial charge in [-0.1, -0.05) is 5.21 Å². The molecule has 1 N–H and O–H groups in total. The first kappa shape index (κ1) is 11.5. The van der Waals surface area contributed by atoms with E-state index in [0.29, 0.717) is 5.69 Å². The second-order valence-corrected chi connectivity index (χ2v) is 3.34. The van der Waals surface area contributed by atoms with Gasteiger partial charge in [-0.25, -0.2) is 13.5 Å². The van der Waals surface area contributed by atoms with Crippen LogP contribution in [0.5, 0.6) is 0 Å². The van der Waals surface area contributed by atoms with E-state index in [-0.39, 0.29) is 19.4 Å². The number of aliphatic carboxylic acids is 1. The van der Waals surface area contributed by atoms with Crippen LogP contribution in [-0.2, 0) is 17.8 Å². The Labute approximate surface area is 84.7 Å². The summed E-state index contributed by atoms with van der Waals surface area (Å²) in [6, 6.07) is 0. The molecular weight excluding hydrogens is 208 g/mol. The molecule has 0 unspecified atom stereocenters. The van der Waals surface area contributed by atoms with Crippen LogP contribution in [-0.4, -0.2) is 32.0 Å². The average Bonchev–Trinajstić information content (AvgIpc) is 2.46. The van der Waals surface area contributed by atoms with E-state index in [9.17, 15) is 13.6 Å². The Bertz CT molecular complexity index is 346. The van der Waals surface area contributed by atoms with Crippen LogP contribution in [0.15, 0.2) is 6.20 Å². The highest BCUT2D eigenvalue weighted by molar-refractivity contribution is 5.69. The van der Waals surface area contributed by atoms with Gasteiger partial charge >= 0.3 is 5.97 Å². The molecule has 1 aromatic heterocycles. The first-order chi connectivity index (χ1) is 6.88. The van der Waals surface area contributed by atoms with Gasteiger partial charge in [0.25, 0.3) is 0 Å². The van der Waals surface area contributed by atoms with Crippen molar-refractivity contribution in [3.8, 4) is 0 Å². The molecule has 5 nitrogen and oxygen atoms in total. The highest BCUT2D eigenvalue weighted by atomic mass is 19.3.